The summed E-state index contributed by atoms with van der Waals surface area (Å²) in [6.07, 6.45) is 8.96. The lowest BCUT2D eigenvalue weighted by molar-refractivity contribution is -0.144. The summed E-state index contributed by atoms with van der Waals surface area (Å²) in [5.74, 6) is -0.111. The van der Waals surface area contributed by atoms with Gasteiger partial charge in [-0.3, -0.25) is 9.59 Å². The van der Waals surface area contributed by atoms with Crippen molar-refractivity contribution < 1.29 is 14.7 Å². The lowest BCUT2D eigenvalue weighted by atomic mass is 9.78. The molecule has 0 aromatic heterocycles. The molecule has 2 fully saturated rings. The van der Waals surface area contributed by atoms with Gasteiger partial charge in [-0.25, -0.2) is 0 Å². The Bertz CT molecular complexity index is 391. The molecule has 0 aromatic carbocycles. The van der Waals surface area contributed by atoms with Gasteiger partial charge in [0, 0.05) is 12.5 Å². The largest absolute Gasteiger partial charge is 0.481 e. The molecule has 4 heteroatoms. The Balaban J connectivity index is 1.80. The molecular formula is C18H31NO3. The fourth-order valence-corrected chi connectivity index (χ4v) is 4.47. The van der Waals surface area contributed by atoms with Crippen molar-refractivity contribution in [3.05, 3.63) is 0 Å². The molecule has 0 heterocycles. The van der Waals surface area contributed by atoms with E-state index in [4.69, 9.17) is 5.11 Å². The number of amides is 1. The predicted octanol–water partition coefficient (Wildman–Crippen LogP) is 3.60. The minimum Gasteiger partial charge on any atom is -0.481 e. The maximum absolute atomic E-state index is 12.4. The van der Waals surface area contributed by atoms with Gasteiger partial charge in [0.15, 0.2) is 0 Å². The van der Waals surface area contributed by atoms with E-state index in [0.29, 0.717) is 24.2 Å². The fraction of sp³-hybridized carbons (Fsp3) is 0.889. The number of carbonyl (C=O) groups excluding carboxylic acids is 1. The van der Waals surface area contributed by atoms with Gasteiger partial charge < -0.3 is 10.4 Å². The van der Waals surface area contributed by atoms with Crippen LogP contribution in [0.3, 0.4) is 0 Å². The van der Waals surface area contributed by atoms with Gasteiger partial charge >= 0.3 is 5.97 Å². The smallest absolute Gasteiger partial charge is 0.306 e. The number of carboxylic acids is 1. The first kappa shape index (κ1) is 17.3. The Morgan fingerprint density at radius 1 is 1.09 bits per heavy atom. The van der Waals surface area contributed by atoms with E-state index < -0.39 is 5.97 Å². The highest BCUT2D eigenvalue weighted by atomic mass is 16.4. The topological polar surface area (TPSA) is 66.4 Å². The average molecular weight is 309 g/mol. The first-order valence-electron chi connectivity index (χ1n) is 8.92. The normalized spacial score (nSPS) is 27.8. The van der Waals surface area contributed by atoms with Gasteiger partial charge in [-0.05, 0) is 56.3 Å². The van der Waals surface area contributed by atoms with E-state index >= 15 is 0 Å². The predicted molar refractivity (Wildman–Crippen MR) is 86.4 cm³/mol. The molecule has 0 aromatic rings. The van der Waals surface area contributed by atoms with Crippen molar-refractivity contribution in [3.63, 3.8) is 0 Å². The SMILES string of the molecule is CC(C)CC1(CNC(=O)C2CCC(C(=O)O)CC2)CCCC1. The van der Waals surface area contributed by atoms with Crippen LogP contribution in [0.4, 0.5) is 0 Å². The molecule has 2 aliphatic rings. The lowest BCUT2D eigenvalue weighted by Crippen LogP contribution is -2.41. The molecule has 22 heavy (non-hydrogen) atoms. The van der Waals surface area contributed by atoms with Crippen molar-refractivity contribution in [2.75, 3.05) is 6.54 Å². The van der Waals surface area contributed by atoms with Crippen LogP contribution >= 0.6 is 0 Å². The third kappa shape index (κ3) is 4.47. The zero-order chi connectivity index (χ0) is 16.2. The Labute approximate surface area is 134 Å². The highest BCUT2D eigenvalue weighted by Crippen LogP contribution is 2.42. The maximum Gasteiger partial charge on any atom is 0.306 e. The Morgan fingerprint density at radius 3 is 2.14 bits per heavy atom. The van der Waals surface area contributed by atoms with E-state index in [1.165, 1.54) is 32.1 Å². The van der Waals surface area contributed by atoms with Crippen molar-refractivity contribution in [1.82, 2.24) is 5.32 Å². The highest BCUT2D eigenvalue weighted by Gasteiger charge is 2.36. The van der Waals surface area contributed by atoms with Gasteiger partial charge in [-0.1, -0.05) is 26.7 Å². The summed E-state index contributed by atoms with van der Waals surface area (Å²) < 4.78 is 0. The van der Waals surface area contributed by atoms with Gasteiger partial charge in [-0.15, -0.1) is 0 Å². The van der Waals surface area contributed by atoms with Crippen LogP contribution < -0.4 is 5.32 Å². The Kier molecular flexibility index (Phi) is 5.87. The van der Waals surface area contributed by atoms with Gasteiger partial charge in [0.05, 0.1) is 5.92 Å². The van der Waals surface area contributed by atoms with Crippen molar-refractivity contribution in [1.29, 1.82) is 0 Å². The quantitative estimate of drug-likeness (QED) is 0.788. The second-order valence-corrected chi connectivity index (χ2v) is 7.91. The molecule has 0 spiro atoms. The van der Waals surface area contributed by atoms with Gasteiger partial charge in [0.2, 0.25) is 5.91 Å². The van der Waals surface area contributed by atoms with E-state index in [2.05, 4.69) is 19.2 Å². The number of carboxylic acid groups (broad SMARTS) is 1. The number of hydrogen-bond acceptors (Lipinski definition) is 2. The molecular weight excluding hydrogens is 278 g/mol. The second kappa shape index (κ2) is 7.47. The van der Waals surface area contributed by atoms with Gasteiger partial charge in [0.25, 0.3) is 0 Å². The monoisotopic (exact) mass is 309 g/mol. The average Bonchev–Trinajstić information content (AvgIpc) is 2.93. The minimum atomic E-state index is -0.708. The van der Waals surface area contributed by atoms with Crippen LogP contribution in [0.25, 0.3) is 0 Å². The maximum atomic E-state index is 12.4. The molecule has 2 saturated carbocycles. The molecule has 0 radical (unpaired) electrons. The number of hydrogen-bond donors (Lipinski definition) is 2. The molecule has 0 saturated heterocycles. The van der Waals surface area contributed by atoms with E-state index in [9.17, 15) is 9.59 Å². The summed E-state index contributed by atoms with van der Waals surface area (Å²) in [6.45, 7) is 5.33. The summed E-state index contributed by atoms with van der Waals surface area (Å²) >= 11 is 0. The van der Waals surface area contributed by atoms with Gasteiger partial charge in [0.1, 0.15) is 0 Å². The van der Waals surface area contributed by atoms with Crippen molar-refractivity contribution in [3.8, 4) is 0 Å². The van der Waals surface area contributed by atoms with E-state index in [0.717, 1.165) is 19.4 Å². The lowest BCUT2D eigenvalue weighted by Gasteiger charge is -2.32. The van der Waals surface area contributed by atoms with Crippen LogP contribution in [0.5, 0.6) is 0 Å². The summed E-state index contributed by atoms with van der Waals surface area (Å²) in [5, 5.41) is 12.2. The minimum absolute atomic E-state index is 0.0214. The Hall–Kier alpha value is -1.06. The molecule has 0 atom stereocenters. The number of carbonyl (C=O) groups is 2. The van der Waals surface area contributed by atoms with E-state index in [1.807, 2.05) is 0 Å². The van der Waals surface area contributed by atoms with Crippen LogP contribution in [0.2, 0.25) is 0 Å². The molecule has 0 unspecified atom stereocenters. The number of rotatable bonds is 6. The summed E-state index contributed by atoms with van der Waals surface area (Å²) in [5.41, 5.74) is 0.308. The zero-order valence-corrected chi connectivity index (χ0v) is 14.1. The molecule has 2 aliphatic carbocycles. The van der Waals surface area contributed by atoms with E-state index in [1.54, 1.807) is 0 Å². The Morgan fingerprint density at radius 2 is 1.64 bits per heavy atom. The molecule has 2 rings (SSSR count). The van der Waals surface area contributed by atoms with Crippen molar-refractivity contribution >= 4 is 11.9 Å². The standard InChI is InChI=1S/C18H31NO3/c1-13(2)11-18(9-3-4-10-18)12-19-16(20)14-5-7-15(8-6-14)17(21)22/h13-15H,3-12H2,1-2H3,(H,19,20)(H,21,22). The third-order valence-electron chi connectivity index (χ3n) is 5.59. The zero-order valence-electron chi connectivity index (χ0n) is 14.1. The van der Waals surface area contributed by atoms with Crippen LogP contribution in [-0.2, 0) is 9.59 Å². The first-order chi connectivity index (χ1) is 10.4. The molecule has 0 aliphatic heterocycles. The van der Waals surface area contributed by atoms with Crippen LogP contribution in [0.1, 0.15) is 71.6 Å². The summed E-state index contributed by atoms with van der Waals surface area (Å²) in [4.78, 5) is 23.4. The molecule has 1 amide bonds. The first-order valence-corrected chi connectivity index (χ1v) is 8.92. The summed E-state index contributed by atoms with van der Waals surface area (Å²) in [6, 6.07) is 0. The molecule has 126 valence electrons. The number of aliphatic carboxylic acids is 1. The molecule has 2 N–H and O–H groups in total. The van der Waals surface area contributed by atoms with Crippen LogP contribution in [-0.4, -0.2) is 23.5 Å². The van der Waals surface area contributed by atoms with Crippen LogP contribution in [0, 0.1) is 23.2 Å². The summed E-state index contributed by atoms with van der Waals surface area (Å²) in [7, 11) is 0. The fourth-order valence-electron chi connectivity index (χ4n) is 4.47. The van der Waals surface area contributed by atoms with E-state index in [-0.39, 0.29) is 17.7 Å². The third-order valence-corrected chi connectivity index (χ3v) is 5.59. The van der Waals surface area contributed by atoms with Crippen molar-refractivity contribution in [2.24, 2.45) is 23.2 Å². The van der Waals surface area contributed by atoms with Crippen LogP contribution in [0.15, 0.2) is 0 Å². The molecule has 0 bridgehead atoms. The molecule has 4 nitrogen and oxygen atoms in total. The second-order valence-electron chi connectivity index (χ2n) is 7.91. The highest BCUT2D eigenvalue weighted by molar-refractivity contribution is 5.79. The van der Waals surface area contributed by atoms with Crippen molar-refractivity contribution in [2.45, 2.75) is 71.6 Å². The van der Waals surface area contributed by atoms with Gasteiger partial charge in [-0.2, -0.15) is 0 Å². The number of nitrogens with one attached hydrogen (secondary N) is 1.